The fourth-order valence-electron chi connectivity index (χ4n) is 2.10. The van der Waals surface area contributed by atoms with E-state index in [0.717, 1.165) is 0 Å². The molecule has 0 fully saturated rings. The normalized spacial score (nSPS) is 14.1. The lowest BCUT2D eigenvalue weighted by molar-refractivity contribution is 0.0746. The molecule has 7 heteroatoms. The van der Waals surface area contributed by atoms with Gasteiger partial charge in [-0.25, -0.2) is 8.78 Å². The van der Waals surface area contributed by atoms with Gasteiger partial charge in [0.05, 0.1) is 13.2 Å². The van der Waals surface area contributed by atoms with Gasteiger partial charge in [0.25, 0.3) is 6.43 Å². The second kappa shape index (κ2) is 6.71. The predicted octanol–water partition coefficient (Wildman–Crippen LogP) is 1.10. The van der Waals surface area contributed by atoms with Crippen molar-refractivity contribution in [1.82, 2.24) is 4.90 Å². The van der Waals surface area contributed by atoms with Crippen molar-refractivity contribution in [1.29, 1.82) is 0 Å². The van der Waals surface area contributed by atoms with Gasteiger partial charge >= 0.3 is 0 Å². The van der Waals surface area contributed by atoms with Crippen LogP contribution in [0.15, 0.2) is 12.1 Å². The number of hydrogen-bond donors (Lipinski definition) is 2. The summed E-state index contributed by atoms with van der Waals surface area (Å²) in [7, 11) is 0. The number of rotatable bonds is 6. The van der Waals surface area contributed by atoms with E-state index in [1.807, 2.05) is 0 Å². The van der Waals surface area contributed by atoms with Crippen molar-refractivity contribution in [3.63, 3.8) is 0 Å². The maximum absolute atomic E-state index is 12.5. The molecule has 20 heavy (non-hydrogen) atoms. The molecule has 0 saturated heterocycles. The average molecular weight is 288 g/mol. The van der Waals surface area contributed by atoms with Crippen LogP contribution in [0.2, 0.25) is 0 Å². The van der Waals surface area contributed by atoms with E-state index in [2.05, 4.69) is 0 Å². The first-order chi connectivity index (χ1) is 9.60. The van der Waals surface area contributed by atoms with Crippen LogP contribution in [0.5, 0.6) is 11.5 Å². The van der Waals surface area contributed by atoms with Gasteiger partial charge in [0.15, 0.2) is 11.5 Å². The highest BCUT2D eigenvalue weighted by Crippen LogP contribution is 2.34. The standard InChI is InChI=1S/C13H18F2N2O3/c14-13(15)8-17(1-2-18)7-9-5-11-12(6-10(9)16)20-4-3-19-11/h5-6,13,18H,1-4,7-8,16H2. The lowest BCUT2D eigenvalue weighted by atomic mass is 10.1. The molecular formula is C13H18F2N2O3. The smallest absolute Gasteiger partial charge is 0.251 e. The second-order valence-corrected chi connectivity index (χ2v) is 4.54. The molecule has 2 rings (SSSR count). The summed E-state index contributed by atoms with van der Waals surface area (Å²) in [6.45, 7) is 0.721. The zero-order valence-corrected chi connectivity index (χ0v) is 11.0. The molecule has 1 aliphatic heterocycles. The van der Waals surface area contributed by atoms with Gasteiger partial charge in [-0.1, -0.05) is 0 Å². The fourth-order valence-corrected chi connectivity index (χ4v) is 2.10. The molecule has 1 aliphatic rings. The van der Waals surface area contributed by atoms with Crippen molar-refractivity contribution in [2.24, 2.45) is 0 Å². The van der Waals surface area contributed by atoms with Gasteiger partial charge in [-0.05, 0) is 11.6 Å². The van der Waals surface area contributed by atoms with Crippen LogP contribution in [-0.2, 0) is 6.54 Å². The van der Waals surface area contributed by atoms with E-state index in [1.54, 1.807) is 12.1 Å². The number of aliphatic hydroxyl groups excluding tert-OH is 1. The molecule has 0 aliphatic carbocycles. The Hall–Kier alpha value is -1.60. The Labute approximate surface area is 115 Å². The minimum absolute atomic E-state index is 0.165. The highest BCUT2D eigenvalue weighted by molar-refractivity contribution is 5.58. The molecular weight excluding hydrogens is 270 g/mol. The van der Waals surface area contributed by atoms with Crippen LogP contribution in [0.3, 0.4) is 0 Å². The molecule has 1 aromatic rings. The van der Waals surface area contributed by atoms with Crippen LogP contribution in [-0.4, -0.2) is 49.3 Å². The van der Waals surface area contributed by atoms with E-state index in [-0.39, 0.29) is 19.7 Å². The van der Waals surface area contributed by atoms with Gasteiger partial charge in [0.1, 0.15) is 13.2 Å². The SMILES string of the molecule is Nc1cc2c(cc1CN(CCO)CC(F)F)OCCO2. The fraction of sp³-hybridized carbons (Fsp3) is 0.538. The average Bonchev–Trinajstić information content (AvgIpc) is 2.39. The van der Waals surface area contributed by atoms with Crippen LogP contribution in [0.1, 0.15) is 5.56 Å². The van der Waals surface area contributed by atoms with Crippen molar-refractivity contribution >= 4 is 5.69 Å². The molecule has 0 atom stereocenters. The Kier molecular flexibility index (Phi) is 4.97. The summed E-state index contributed by atoms with van der Waals surface area (Å²) < 4.78 is 35.8. The number of nitrogens with two attached hydrogens (primary N) is 1. The Morgan fingerprint density at radius 1 is 1.25 bits per heavy atom. The number of benzene rings is 1. The first-order valence-electron chi connectivity index (χ1n) is 6.39. The summed E-state index contributed by atoms with van der Waals surface area (Å²) in [6.07, 6.45) is -2.46. The van der Waals surface area contributed by atoms with Crippen molar-refractivity contribution < 1.29 is 23.4 Å². The molecule has 0 aromatic heterocycles. The molecule has 0 amide bonds. The van der Waals surface area contributed by atoms with E-state index in [4.69, 9.17) is 20.3 Å². The summed E-state index contributed by atoms with van der Waals surface area (Å²) >= 11 is 0. The molecule has 1 heterocycles. The van der Waals surface area contributed by atoms with Gasteiger partial charge in [-0.15, -0.1) is 0 Å². The lowest BCUT2D eigenvalue weighted by Crippen LogP contribution is -2.31. The Morgan fingerprint density at radius 3 is 2.50 bits per heavy atom. The van der Waals surface area contributed by atoms with Crippen LogP contribution >= 0.6 is 0 Å². The van der Waals surface area contributed by atoms with E-state index in [1.165, 1.54) is 4.90 Å². The third-order valence-electron chi connectivity index (χ3n) is 3.01. The number of anilines is 1. The highest BCUT2D eigenvalue weighted by atomic mass is 19.3. The van der Waals surface area contributed by atoms with Gasteiger partial charge in [0, 0.05) is 24.8 Å². The number of ether oxygens (including phenoxy) is 2. The van der Waals surface area contributed by atoms with Crippen LogP contribution in [0, 0.1) is 0 Å². The van der Waals surface area contributed by atoms with Gasteiger partial charge in [-0.3, -0.25) is 4.90 Å². The molecule has 0 saturated carbocycles. The number of aliphatic hydroxyl groups is 1. The third kappa shape index (κ3) is 3.71. The summed E-state index contributed by atoms with van der Waals surface area (Å²) in [5, 5.41) is 8.93. The van der Waals surface area contributed by atoms with Crippen LogP contribution in [0.25, 0.3) is 0 Å². The van der Waals surface area contributed by atoms with E-state index >= 15 is 0 Å². The monoisotopic (exact) mass is 288 g/mol. The zero-order valence-electron chi connectivity index (χ0n) is 11.0. The van der Waals surface area contributed by atoms with Crippen molar-refractivity contribution in [2.75, 3.05) is 38.6 Å². The summed E-state index contributed by atoms with van der Waals surface area (Å²) in [4.78, 5) is 1.45. The zero-order chi connectivity index (χ0) is 14.5. The van der Waals surface area contributed by atoms with Crippen molar-refractivity contribution in [3.8, 4) is 11.5 Å². The van der Waals surface area contributed by atoms with E-state index in [0.29, 0.717) is 36.0 Å². The third-order valence-corrected chi connectivity index (χ3v) is 3.01. The predicted molar refractivity (Wildman–Crippen MR) is 70.2 cm³/mol. The van der Waals surface area contributed by atoms with E-state index in [9.17, 15) is 8.78 Å². The molecule has 1 aromatic carbocycles. The molecule has 0 radical (unpaired) electrons. The van der Waals surface area contributed by atoms with Gasteiger partial charge in [0.2, 0.25) is 0 Å². The van der Waals surface area contributed by atoms with Crippen LogP contribution in [0.4, 0.5) is 14.5 Å². The molecule has 0 bridgehead atoms. The minimum Gasteiger partial charge on any atom is -0.486 e. The highest BCUT2D eigenvalue weighted by Gasteiger charge is 2.18. The first-order valence-corrected chi connectivity index (χ1v) is 6.39. The quantitative estimate of drug-likeness (QED) is 0.767. The second-order valence-electron chi connectivity index (χ2n) is 4.54. The number of nitrogen functional groups attached to an aromatic ring is 1. The number of alkyl halides is 2. The number of halogens is 2. The van der Waals surface area contributed by atoms with Crippen molar-refractivity contribution in [2.45, 2.75) is 13.0 Å². The summed E-state index contributed by atoms with van der Waals surface area (Å²) in [5.74, 6) is 1.14. The Bertz CT molecular complexity index is 457. The Balaban J connectivity index is 2.14. The number of fused-ring (bicyclic) bond motifs is 1. The largest absolute Gasteiger partial charge is 0.486 e. The molecule has 3 N–H and O–H groups in total. The molecule has 0 unspecified atom stereocenters. The topological polar surface area (TPSA) is 68.0 Å². The van der Waals surface area contributed by atoms with Crippen LogP contribution < -0.4 is 15.2 Å². The molecule has 112 valence electrons. The number of nitrogens with zero attached hydrogens (tertiary/aromatic N) is 1. The van der Waals surface area contributed by atoms with E-state index < -0.39 is 13.0 Å². The van der Waals surface area contributed by atoms with Gasteiger partial charge in [-0.2, -0.15) is 0 Å². The van der Waals surface area contributed by atoms with Gasteiger partial charge < -0.3 is 20.3 Å². The lowest BCUT2D eigenvalue weighted by Gasteiger charge is -2.24. The number of hydrogen-bond acceptors (Lipinski definition) is 5. The molecule has 0 spiro atoms. The van der Waals surface area contributed by atoms with Crippen molar-refractivity contribution in [3.05, 3.63) is 17.7 Å². The minimum atomic E-state index is -2.46. The summed E-state index contributed by atoms with van der Waals surface area (Å²) in [5.41, 5.74) is 7.06. The maximum Gasteiger partial charge on any atom is 0.251 e. The Morgan fingerprint density at radius 2 is 1.90 bits per heavy atom. The first kappa shape index (κ1) is 14.8. The maximum atomic E-state index is 12.5. The summed E-state index contributed by atoms with van der Waals surface area (Å²) in [6, 6.07) is 3.35. The molecule has 5 nitrogen and oxygen atoms in total.